The van der Waals surface area contributed by atoms with Gasteiger partial charge in [0.1, 0.15) is 26.4 Å². The van der Waals surface area contributed by atoms with E-state index < -0.39 is 80.0 Å². The van der Waals surface area contributed by atoms with Crippen molar-refractivity contribution in [1.82, 2.24) is 0 Å². The second-order valence-corrected chi connectivity index (χ2v) is 44.3. The van der Waals surface area contributed by atoms with Gasteiger partial charge in [0, 0.05) is 64.7 Å². The van der Waals surface area contributed by atoms with Crippen LogP contribution in [0.5, 0.6) is 0 Å². The molecular weight excluding hydrogens is 1750 g/mol. The molecule has 0 N–H and O–H groups in total. The Morgan fingerprint density at radius 2 is 0.376 bits per heavy atom. The van der Waals surface area contributed by atoms with Crippen molar-refractivity contribution in [3.63, 3.8) is 0 Å². The molecule has 0 atom stereocenters. The van der Waals surface area contributed by atoms with E-state index in [0.717, 1.165) is 22.3 Å². The Bertz CT molecular complexity index is 5510. The van der Waals surface area contributed by atoms with E-state index in [4.69, 9.17) is 37.9 Å². The summed E-state index contributed by atoms with van der Waals surface area (Å²) in [4.78, 5) is 116. The van der Waals surface area contributed by atoms with Gasteiger partial charge in [0.2, 0.25) is 50.7 Å². The average molecular weight is 1870 g/mol. The van der Waals surface area contributed by atoms with Gasteiger partial charge in [-0.3, -0.25) is 38.4 Å². The molecule has 0 aliphatic rings. The first-order valence-corrected chi connectivity index (χ1v) is 51.0. The summed E-state index contributed by atoms with van der Waals surface area (Å²) >= 11 is 0. The van der Waals surface area contributed by atoms with Crippen molar-refractivity contribution >= 4 is 117 Å². The second kappa shape index (κ2) is 45.1. The fourth-order valence-corrected chi connectivity index (χ4v) is 27.7. The van der Waals surface area contributed by atoms with Crippen LogP contribution in [-0.4, -0.2) is 98.8 Å². The van der Waals surface area contributed by atoms with Gasteiger partial charge in [0.05, 0.1) is 84.0 Å². The monoisotopic (exact) mass is 1860 g/mol. The molecular formula is C109H112O20P4. The lowest BCUT2D eigenvalue weighted by Gasteiger charge is -2.33. The third-order valence-electron chi connectivity index (χ3n) is 24.4. The maximum Gasteiger partial charge on any atom is 0.308 e. The summed E-state index contributed by atoms with van der Waals surface area (Å²) in [6.07, 6.45) is -1.19. The predicted octanol–water partition coefficient (Wildman–Crippen LogP) is 18.9. The molecule has 0 radical (unpaired) electrons. The Labute approximate surface area is 778 Å². The van der Waals surface area contributed by atoms with Gasteiger partial charge in [-0.2, -0.15) is 0 Å². The van der Waals surface area contributed by atoms with Crippen molar-refractivity contribution in [2.24, 2.45) is 5.41 Å². The van der Waals surface area contributed by atoms with Crippen LogP contribution in [0.1, 0.15) is 156 Å². The minimum absolute atomic E-state index is 0.248. The number of aryl methyl sites for hydroxylation is 8. The Hall–Kier alpha value is -12.0. The number of carbonyl (C=O) groups excluding carboxylic acids is 8. The molecule has 20 nitrogen and oxygen atoms in total. The van der Waals surface area contributed by atoms with Crippen LogP contribution in [0.2, 0.25) is 0 Å². The first kappa shape index (κ1) is 100.0. The molecule has 12 aromatic rings. The molecule has 0 saturated carbocycles. The summed E-state index contributed by atoms with van der Waals surface area (Å²) < 4.78 is 111. The van der Waals surface area contributed by atoms with Crippen LogP contribution < -0.4 is 42.4 Å². The zero-order chi connectivity index (χ0) is 95.4. The highest BCUT2D eigenvalue weighted by atomic mass is 31.2. The molecule has 0 bridgehead atoms. The third-order valence-corrected chi connectivity index (χ3v) is 35.8. The highest BCUT2D eigenvalue weighted by molar-refractivity contribution is 7.95. The SMILES string of the molecule is Cc1cc(C)c(C(=O)P(=O)(c2ccccc2)c2ccccc2)c(C)c1COC(=O)CCOCC(COCCC(=O)OCc1c(C)cc(C)c(C(=O)P(=O)(c2ccccc2)c2ccccc2)c1C)(COCCC(=O)OCc1c(C)cc(C)c(C(=O)P(=O)(c2ccccc2)c2ccccc2)c1C)COCCC(=O)OCc1c(C)cc(C)c(C(=O)P(=O)(c2ccccc2)c2ccccc2)c1C. The quantitative estimate of drug-likeness (QED) is 0.0148. The van der Waals surface area contributed by atoms with Crippen molar-refractivity contribution in [2.75, 3.05) is 52.9 Å². The summed E-state index contributed by atoms with van der Waals surface area (Å²) in [5.41, 5.74) is 6.85. The number of benzene rings is 12. The van der Waals surface area contributed by atoms with Gasteiger partial charge in [-0.05, 0) is 172 Å². The zero-order valence-electron chi connectivity index (χ0n) is 77.2. The van der Waals surface area contributed by atoms with Crippen LogP contribution in [0, 0.1) is 88.5 Å². The fourth-order valence-electron chi connectivity index (χ4n) is 17.3. The largest absolute Gasteiger partial charge is 0.461 e. The van der Waals surface area contributed by atoms with Gasteiger partial charge in [-0.1, -0.05) is 267 Å². The maximum absolute atomic E-state index is 15.4. The van der Waals surface area contributed by atoms with Crippen LogP contribution in [0.4, 0.5) is 0 Å². The standard InChI is InChI=1S/C109H112O20P4/c1-73-61-77(5)101(105(114)130(118,85-37-21-13-22-38-85)86-39-23-14-24-40-86)81(9)93(73)65-126-97(110)53-57-122-69-109(70-123-58-54-98(111)127-66-94-74(2)62-78(6)102(82(94)10)106(115)131(119,87-41-25-15-26-42-87)88-43-27-16-28-44-88,71-124-59-55-99(112)128-67-95-75(3)63-79(7)103(83(95)11)107(116)132(120,89-45-29-17-30-46-89)90-47-31-18-32-48-90)72-125-60-56-100(113)129-68-96-76(4)64-80(8)104(84(96)12)108(117)133(121,91-49-33-19-34-50-91)92-51-35-20-36-52-92/h13-52,61-64H,53-60,65-72H2,1-12H3. The first-order valence-electron chi connectivity index (χ1n) is 44.2. The normalized spacial score (nSPS) is 11.8. The lowest BCUT2D eigenvalue weighted by atomic mass is 9.92. The number of ether oxygens (including phenoxy) is 8. The van der Waals surface area contributed by atoms with E-state index in [2.05, 4.69) is 0 Å². The topological polar surface area (TPSA) is 279 Å². The van der Waals surface area contributed by atoms with Crippen molar-refractivity contribution in [3.05, 3.63) is 378 Å². The number of hydrogen-bond acceptors (Lipinski definition) is 20. The molecule has 0 aliphatic heterocycles. The van der Waals surface area contributed by atoms with E-state index in [1.807, 2.05) is 52.0 Å². The molecule has 0 aliphatic carbocycles. The number of hydrogen-bond donors (Lipinski definition) is 0. The molecule has 133 heavy (non-hydrogen) atoms. The van der Waals surface area contributed by atoms with E-state index in [9.17, 15) is 19.2 Å². The Kier molecular flexibility index (Phi) is 33.9. The van der Waals surface area contributed by atoms with Crippen LogP contribution in [-0.2, 0) is 102 Å². The molecule has 12 rings (SSSR count). The Morgan fingerprint density at radius 1 is 0.226 bits per heavy atom. The van der Waals surface area contributed by atoms with Crippen LogP contribution in [0.25, 0.3) is 0 Å². The van der Waals surface area contributed by atoms with Gasteiger partial charge in [-0.25, -0.2) is 0 Å². The summed E-state index contributed by atoms with van der Waals surface area (Å²) in [6, 6.07) is 76.3. The highest BCUT2D eigenvalue weighted by Gasteiger charge is 2.44. The average Bonchev–Trinajstić information content (AvgIpc) is 0.762. The van der Waals surface area contributed by atoms with Crippen molar-refractivity contribution < 1.29 is 94.5 Å². The highest BCUT2D eigenvalue weighted by Crippen LogP contribution is 2.53. The van der Waals surface area contributed by atoms with Gasteiger partial charge in [-0.15, -0.1) is 0 Å². The van der Waals surface area contributed by atoms with E-state index in [-0.39, 0.29) is 127 Å². The number of esters is 4. The Morgan fingerprint density at radius 3 is 0.526 bits per heavy atom. The molecule has 12 aromatic carbocycles. The molecule has 688 valence electrons. The van der Waals surface area contributed by atoms with Crippen LogP contribution in [0.3, 0.4) is 0 Å². The van der Waals surface area contributed by atoms with E-state index in [1.165, 1.54) is 0 Å². The summed E-state index contributed by atoms with van der Waals surface area (Å²) in [5.74, 6) is -2.70. The van der Waals surface area contributed by atoms with Crippen molar-refractivity contribution in [1.29, 1.82) is 0 Å². The summed E-state index contributed by atoms with van der Waals surface area (Å²) in [7, 11) is -15.8. The van der Waals surface area contributed by atoms with Crippen molar-refractivity contribution in [3.8, 4) is 0 Å². The van der Waals surface area contributed by atoms with Crippen LogP contribution >= 0.6 is 28.6 Å². The second-order valence-electron chi connectivity index (χ2n) is 33.7. The minimum Gasteiger partial charge on any atom is -0.461 e. The minimum atomic E-state index is -3.96. The summed E-state index contributed by atoms with van der Waals surface area (Å²) in [6.45, 7) is 18.4. The zero-order valence-corrected chi connectivity index (χ0v) is 80.7. The van der Waals surface area contributed by atoms with Gasteiger partial charge >= 0.3 is 23.9 Å². The predicted molar refractivity (Wildman–Crippen MR) is 522 cm³/mol. The summed E-state index contributed by atoms with van der Waals surface area (Å²) in [5, 5.41) is 2.96. The van der Waals surface area contributed by atoms with E-state index in [1.54, 1.807) is 298 Å². The molecule has 0 amide bonds. The molecule has 0 spiro atoms. The molecule has 0 unspecified atom stereocenters. The number of rotatable bonds is 44. The van der Waals surface area contributed by atoms with Gasteiger partial charge in [0.25, 0.3) is 0 Å². The molecule has 0 saturated heterocycles. The van der Waals surface area contributed by atoms with Gasteiger partial charge in [0.15, 0.2) is 0 Å². The third kappa shape index (κ3) is 22.6. The lowest BCUT2D eigenvalue weighted by molar-refractivity contribution is -0.149. The molecule has 24 heteroatoms. The van der Waals surface area contributed by atoms with E-state index >= 15 is 37.4 Å². The Balaban J connectivity index is 0.790. The maximum atomic E-state index is 15.4. The molecule has 0 fully saturated rings. The number of carbonyl (C=O) groups is 8. The fraction of sp³-hybridized carbons (Fsp3) is 0.266. The van der Waals surface area contributed by atoms with Gasteiger partial charge < -0.3 is 56.2 Å². The van der Waals surface area contributed by atoms with Crippen LogP contribution in [0.15, 0.2) is 267 Å². The van der Waals surface area contributed by atoms with E-state index in [0.29, 0.717) is 109 Å². The lowest BCUT2D eigenvalue weighted by Crippen LogP contribution is -2.42. The molecule has 0 aromatic heterocycles. The van der Waals surface area contributed by atoms with Crippen molar-refractivity contribution in [2.45, 2.75) is 135 Å². The smallest absolute Gasteiger partial charge is 0.308 e. The first-order chi connectivity index (χ1) is 63.8. The molecule has 0 heterocycles.